The molecule has 2 aliphatic heterocycles. The second-order valence-corrected chi connectivity index (χ2v) is 7.29. The summed E-state index contributed by atoms with van der Waals surface area (Å²) in [7, 11) is 0. The van der Waals surface area contributed by atoms with Crippen LogP contribution in [0.5, 0.6) is 0 Å². The van der Waals surface area contributed by atoms with Crippen LogP contribution >= 0.6 is 0 Å². The van der Waals surface area contributed by atoms with Crippen molar-refractivity contribution < 1.29 is 0 Å². The molecular formula is C16H30N2. The van der Waals surface area contributed by atoms with Crippen molar-refractivity contribution in [2.45, 2.75) is 64.3 Å². The van der Waals surface area contributed by atoms with Crippen LogP contribution in [-0.2, 0) is 0 Å². The van der Waals surface area contributed by atoms with E-state index >= 15 is 0 Å². The molecule has 0 amide bonds. The van der Waals surface area contributed by atoms with Crippen LogP contribution in [0.3, 0.4) is 0 Å². The molecule has 0 spiro atoms. The molecule has 18 heavy (non-hydrogen) atoms. The fourth-order valence-corrected chi connectivity index (χ4v) is 4.47. The first-order chi connectivity index (χ1) is 8.75. The van der Waals surface area contributed by atoms with Gasteiger partial charge >= 0.3 is 0 Å². The van der Waals surface area contributed by atoms with Crippen LogP contribution in [0.1, 0.15) is 58.3 Å². The lowest BCUT2D eigenvalue weighted by Crippen LogP contribution is -2.56. The molecule has 0 radical (unpaired) electrons. The van der Waals surface area contributed by atoms with E-state index in [1.807, 2.05) is 0 Å². The summed E-state index contributed by atoms with van der Waals surface area (Å²) in [4.78, 5) is 5.54. The Hall–Kier alpha value is -0.0800. The van der Waals surface area contributed by atoms with Gasteiger partial charge in [0.1, 0.15) is 0 Å². The average Bonchev–Trinajstić information content (AvgIpc) is 2.39. The topological polar surface area (TPSA) is 6.48 Å². The van der Waals surface area contributed by atoms with Crippen molar-refractivity contribution in [3.63, 3.8) is 0 Å². The molecule has 0 bridgehead atoms. The van der Waals surface area contributed by atoms with Crippen molar-refractivity contribution in [2.75, 3.05) is 32.7 Å². The molecule has 1 atom stereocenters. The molecule has 2 heterocycles. The van der Waals surface area contributed by atoms with Gasteiger partial charge in [0, 0.05) is 32.2 Å². The highest BCUT2D eigenvalue weighted by Gasteiger charge is 2.33. The van der Waals surface area contributed by atoms with Crippen LogP contribution in [0.15, 0.2) is 0 Å². The predicted molar refractivity (Wildman–Crippen MR) is 76.8 cm³/mol. The van der Waals surface area contributed by atoms with Crippen LogP contribution in [0.2, 0.25) is 0 Å². The van der Waals surface area contributed by atoms with Crippen molar-refractivity contribution in [2.24, 2.45) is 5.41 Å². The van der Waals surface area contributed by atoms with Crippen LogP contribution in [0.4, 0.5) is 0 Å². The molecule has 104 valence electrons. The van der Waals surface area contributed by atoms with E-state index in [2.05, 4.69) is 16.7 Å². The Bertz CT molecular complexity index is 270. The van der Waals surface area contributed by atoms with Crippen molar-refractivity contribution in [3.8, 4) is 0 Å². The van der Waals surface area contributed by atoms with E-state index in [0.717, 1.165) is 6.04 Å². The van der Waals surface area contributed by atoms with Crippen LogP contribution < -0.4 is 0 Å². The molecule has 1 aliphatic carbocycles. The zero-order valence-corrected chi connectivity index (χ0v) is 12.2. The minimum Gasteiger partial charge on any atom is -0.300 e. The van der Waals surface area contributed by atoms with Gasteiger partial charge in [-0.1, -0.05) is 32.6 Å². The molecular weight excluding hydrogens is 220 g/mol. The van der Waals surface area contributed by atoms with Gasteiger partial charge in [-0.15, -0.1) is 0 Å². The summed E-state index contributed by atoms with van der Waals surface area (Å²) in [6, 6.07) is 0.889. The Morgan fingerprint density at radius 2 is 1.78 bits per heavy atom. The molecule has 3 rings (SSSR count). The van der Waals surface area contributed by atoms with Crippen molar-refractivity contribution in [3.05, 3.63) is 0 Å². The number of nitrogens with zero attached hydrogens (tertiary/aromatic N) is 2. The number of hydrogen-bond acceptors (Lipinski definition) is 2. The highest BCUT2D eigenvalue weighted by molar-refractivity contribution is 4.89. The number of hydrogen-bond donors (Lipinski definition) is 0. The fourth-order valence-electron chi connectivity index (χ4n) is 4.47. The van der Waals surface area contributed by atoms with Crippen molar-refractivity contribution in [1.29, 1.82) is 0 Å². The molecule has 0 aromatic heterocycles. The summed E-state index contributed by atoms with van der Waals surface area (Å²) in [5.41, 5.74) is 0.634. The summed E-state index contributed by atoms with van der Waals surface area (Å²) in [5, 5.41) is 0. The average molecular weight is 250 g/mol. The Kier molecular flexibility index (Phi) is 3.95. The zero-order valence-electron chi connectivity index (χ0n) is 12.2. The molecule has 2 nitrogen and oxygen atoms in total. The molecule has 2 heteroatoms. The lowest BCUT2D eigenvalue weighted by Gasteiger charge is -2.47. The van der Waals surface area contributed by atoms with Gasteiger partial charge in [-0.05, 0) is 37.6 Å². The molecule has 0 aromatic carbocycles. The minimum absolute atomic E-state index is 0.634. The highest BCUT2D eigenvalue weighted by atomic mass is 15.3. The molecule has 1 saturated carbocycles. The molecule has 3 fully saturated rings. The SMILES string of the molecule is CC1(CN2CCN3CCCCC3C2)CCCCC1. The van der Waals surface area contributed by atoms with E-state index < -0.39 is 0 Å². The number of fused-ring (bicyclic) bond motifs is 1. The van der Waals surface area contributed by atoms with Gasteiger partial charge in [0.2, 0.25) is 0 Å². The number of rotatable bonds is 2. The normalized spacial score (nSPS) is 34.2. The summed E-state index contributed by atoms with van der Waals surface area (Å²) in [5.74, 6) is 0. The lowest BCUT2D eigenvalue weighted by atomic mass is 9.75. The third-order valence-electron chi connectivity index (χ3n) is 5.59. The van der Waals surface area contributed by atoms with Gasteiger partial charge in [0.15, 0.2) is 0 Å². The van der Waals surface area contributed by atoms with Gasteiger partial charge in [0.05, 0.1) is 0 Å². The fraction of sp³-hybridized carbons (Fsp3) is 1.00. The largest absolute Gasteiger partial charge is 0.300 e. The summed E-state index contributed by atoms with van der Waals surface area (Å²) < 4.78 is 0. The first-order valence-corrected chi connectivity index (χ1v) is 8.22. The van der Waals surface area contributed by atoms with Gasteiger partial charge < -0.3 is 0 Å². The predicted octanol–water partition coefficient (Wildman–Crippen LogP) is 3.13. The van der Waals surface area contributed by atoms with E-state index in [1.54, 1.807) is 0 Å². The first kappa shape index (κ1) is 12.9. The monoisotopic (exact) mass is 250 g/mol. The highest BCUT2D eigenvalue weighted by Crippen LogP contribution is 2.37. The second-order valence-electron chi connectivity index (χ2n) is 7.29. The maximum absolute atomic E-state index is 2.79. The van der Waals surface area contributed by atoms with E-state index in [9.17, 15) is 0 Å². The number of piperazine rings is 1. The van der Waals surface area contributed by atoms with Crippen molar-refractivity contribution in [1.82, 2.24) is 9.80 Å². The van der Waals surface area contributed by atoms with Gasteiger partial charge in [0.25, 0.3) is 0 Å². The van der Waals surface area contributed by atoms with Gasteiger partial charge in [-0.2, -0.15) is 0 Å². The molecule has 3 aliphatic rings. The zero-order chi connectivity index (χ0) is 12.4. The smallest absolute Gasteiger partial charge is 0.0223 e. The maximum atomic E-state index is 2.79. The van der Waals surface area contributed by atoms with Crippen LogP contribution in [-0.4, -0.2) is 48.6 Å². The van der Waals surface area contributed by atoms with E-state index in [1.165, 1.54) is 84.1 Å². The maximum Gasteiger partial charge on any atom is 0.0223 e. The Morgan fingerprint density at radius 3 is 2.61 bits per heavy atom. The molecule has 1 unspecified atom stereocenters. The van der Waals surface area contributed by atoms with E-state index in [-0.39, 0.29) is 0 Å². The molecule has 2 saturated heterocycles. The summed E-state index contributed by atoms with van der Waals surface area (Å²) in [6.07, 6.45) is 11.7. The van der Waals surface area contributed by atoms with Gasteiger partial charge in [-0.25, -0.2) is 0 Å². The second kappa shape index (κ2) is 5.50. The Balaban J connectivity index is 1.54. The molecule has 0 N–H and O–H groups in total. The third kappa shape index (κ3) is 2.91. The van der Waals surface area contributed by atoms with E-state index in [0.29, 0.717) is 5.41 Å². The summed E-state index contributed by atoms with van der Waals surface area (Å²) >= 11 is 0. The van der Waals surface area contributed by atoms with Crippen molar-refractivity contribution >= 4 is 0 Å². The molecule has 0 aromatic rings. The quantitative estimate of drug-likeness (QED) is 0.743. The Morgan fingerprint density at radius 1 is 0.944 bits per heavy atom. The standard InChI is InChI=1S/C16H30N2/c1-16(8-4-2-5-9-16)14-17-11-12-18-10-6-3-7-15(18)13-17/h15H,2-14H2,1H3. The van der Waals surface area contributed by atoms with Crippen LogP contribution in [0.25, 0.3) is 0 Å². The Labute approximate surface area is 113 Å². The number of piperidine rings is 1. The third-order valence-corrected chi connectivity index (χ3v) is 5.59. The minimum atomic E-state index is 0.634. The van der Waals surface area contributed by atoms with E-state index in [4.69, 9.17) is 0 Å². The first-order valence-electron chi connectivity index (χ1n) is 8.22. The lowest BCUT2D eigenvalue weighted by molar-refractivity contribution is 0.0208. The van der Waals surface area contributed by atoms with Crippen LogP contribution in [0, 0.1) is 5.41 Å². The van der Waals surface area contributed by atoms with Gasteiger partial charge in [-0.3, -0.25) is 9.80 Å². The summed E-state index contributed by atoms with van der Waals surface area (Å²) in [6.45, 7) is 9.30.